The highest BCUT2D eigenvalue weighted by Crippen LogP contribution is 2.54. The van der Waals surface area contributed by atoms with E-state index in [-0.39, 0.29) is 31.0 Å². The van der Waals surface area contributed by atoms with Crippen LogP contribution in [0.2, 0.25) is 0 Å². The molecule has 4 heterocycles. The normalized spacial score (nSPS) is 22.9. The number of carbonyl (C=O) groups excluding carboxylic acids is 1. The van der Waals surface area contributed by atoms with Crippen molar-refractivity contribution in [1.82, 2.24) is 19.4 Å². The quantitative estimate of drug-likeness (QED) is 0.126. The van der Waals surface area contributed by atoms with E-state index in [0.29, 0.717) is 33.4 Å². The number of morpholine rings is 1. The summed E-state index contributed by atoms with van der Waals surface area (Å²) in [7, 11) is 0. The number of rotatable bonds is 8. The van der Waals surface area contributed by atoms with Crippen LogP contribution in [0.15, 0.2) is 59.3 Å². The second-order valence-electron chi connectivity index (χ2n) is 11.3. The summed E-state index contributed by atoms with van der Waals surface area (Å²) in [5, 5.41) is 8.57. The standard InChI is InChI=1S/C30H25F7N6O4S/c31-23-25(33)46-26(34)24(32)42(23)10-11-45-17-6-7-19-20(12-17)48-28-39-18(14-43(19)28)15-2-4-16(5-3-15)38-27(44)40-22-13-21(47-41-22)29(8-1-9-29)30(35,36)37/h2-7,12-14,23-26H,1,8-11H2,(H2,38,40,41,44). The van der Waals surface area contributed by atoms with Gasteiger partial charge in [-0.3, -0.25) is 9.72 Å². The number of urea groups is 1. The molecule has 7 rings (SSSR count). The highest BCUT2D eigenvalue weighted by atomic mass is 32.1. The maximum absolute atomic E-state index is 14.0. The number of thiazole rings is 1. The molecule has 2 aromatic carbocycles. The number of hydrogen-bond acceptors (Lipinski definition) is 8. The number of carbonyl (C=O) groups is 1. The molecule has 0 bridgehead atoms. The molecular formula is C30H25F7N6O4S. The number of imidazole rings is 1. The zero-order chi connectivity index (χ0) is 33.8. The van der Waals surface area contributed by atoms with Crippen LogP contribution < -0.4 is 15.4 Å². The van der Waals surface area contributed by atoms with E-state index in [4.69, 9.17) is 9.26 Å². The number of ether oxygens (including phenoxy) is 2. The van der Waals surface area contributed by atoms with E-state index >= 15 is 0 Å². The lowest BCUT2D eigenvalue weighted by Crippen LogP contribution is -2.56. The minimum Gasteiger partial charge on any atom is -0.492 e. The lowest BCUT2D eigenvalue weighted by Gasteiger charge is -2.40. The van der Waals surface area contributed by atoms with Crippen molar-refractivity contribution in [1.29, 1.82) is 0 Å². The fraction of sp³-hybridized carbons (Fsp3) is 0.367. The van der Waals surface area contributed by atoms with Crippen LogP contribution in [0, 0.1) is 0 Å². The Kier molecular flexibility index (Phi) is 8.19. The molecule has 254 valence electrons. The summed E-state index contributed by atoms with van der Waals surface area (Å²) in [4.78, 5) is 18.2. The first-order valence-electron chi connectivity index (χ1n) is 14.7. The molecule has 2 N–H and O–H groups in total. The summed E-state index contributed by atoms with van der Waals surface area (Å²) in [6.07, 6.45) is -12.5. The van der Waals surface area contributed by atoms with Gasteiger partial charge in [0, 0.05) is 30.1 Å². The minimum absolute atomic E-state index is 0.0939. The maximum atomic E-state index is 14.0. The van der Waals surface area contributed by atoms with Gasteiger partial charge in [-0.05, 0) is 43.2 Å². The molecule has 48 heavy (non-hydrogen) atoms. The second-order valence-corrected chi connectivity index (χ2v) is 12.4. The zero-order valence-electron chi connectivity index (χ0n) is 24.5. The average Bonchev–Trinajstić information content (AvgIpc) is 3.72. The molecule has 1 saturated heterocycles. The van der Waals surface area contributed by atoms with Gasteiger partial charge in [0.1, 0.15) is 17.8 Å². The summed E-state index contributed by atoms with van der Waals surface area (Å²) in [5.74, 6) is -0.0719. The molecule has 2 amide bonds. The van der Waals surface area contributed by atoms with Gasteiger partial charge < -0.3 is 19.3 Å². The van der Waals surface area contributed by atoms with Gasteiger partial charge in [-0.1, -0.05) is 35.0 Å². The summed E-state index contributed by atoms with van der Waals surface area (Å²) >= 11 is 1.36. The van der Waals surface area contributed by atoms with Crippen molar-refractivity contribution >= 4 is 44.1 Å². The van der Waals surface area contributed by atoms with E-state index in [1.165, 1.54) is 11.3 Å². The van der Waals surface area contributed by atoms with Crippen LogP contribution in [-0.4, -0.2) is 70.1 Å². The van der Waals surface area contributed by atoms with E-state index in [9.17, 15) is 35.5 Å². The predicted octanol–water partition coefficient (Wildman–Crippen LogP) is 7.73. The number of nitrogens with zero attached hydrogens (tertiary/aromatic N) is 4. The number of aromatic nitrogens is 3. The Labute approximate surface area is 270 Å². The molecule has 4 atom stereocenters. The molecule has 2 fully saturated rings. The van der Waals surface area contributed by atoms with Crippen molar-refractivity contribution < 1.29 is 49.5 Å². The summed E-state index contributed by atoms with van der Waals surface area (Å²) in [6.45, 7) is -0.635. The second kappa shape index (κ2) is 12.2. The van der Waals surface area contributed by atoms with Crippen LogP contribution in [0.1, 0.15) is 25.0 Å². The molecule has 2 aliphatic rings. The molecule has 1 aliphatic carbocycles. The summed E-state index contributed by atoms with van der Waals surface area (Å²) < 4.78 is 113. The van der Waals surface area contributed by atoms with Crippen molar-refractivity contribution in [2.45, 2.75) is 56.2 Å². The van der Waals surface area contributed by atoms with E-state index in [2.05, 4.69) is 25.5 Å². The van der Waals surface area contributed by atoms with Crippen LogP contribution >= 0.6 is 11.3 Å². The van der Waals surface area contributed by atoms with Gasteiger partial charge in [0.15, 0.2) is 16.5 Å². The van der Waals surface area contributed by atoms with Crippen LogP contribution in [0.4, 0.5) is 47.0 Å². The van der Waals surface area contributed by atoms with Crippen molar-refractivity contribution in [3.05, 3.63) is 60.5 Å². The number of hydrogen-bond donors (Lipinski definition) is 2. The molecule has 4 unspecified atom stereocenters. The molecule has 1 saturated carbocycles. The Morgan fingerprint density at radius 3 is 2.42 bits per heavy atom. The fourth-order valence-corrected chi connectivity index (χ4v) is 6.72. The van der Waals surface area contributed by atoms with Crippen LogP contribution in [0.5, 0.6) is 5.75 Å². The van der Waals surface area contributed by atoms with Gasteiger partial charge in [-0.15, -0.1) is 0 Å². The van der Waals surface area contributed by atoms with Crippen molar-refractivity contribution in [3.63, 3.8) is 0 Å². The monoisotopic (exact) mass is 698 g/mol. The third-order valence-electron chi connectivity index (χ3n) is 8.42. The smallest absolute Gasteiger partial charge is 0.401 e. The molecule has 5 aromatic rings. The largest absolute Gasteiger partial charge is 0.492 e. The van der Waals surface area contributed by atoms with E-state index in [1.54, 1.807) is 42.5 Å². The third-order valence-corrected chi connectivity index (χ3v) is 9.44. The fourth-order valence-electron chi connectivity index (χ4n) is 5.68. The number of nitrogens with one attached hydrogen (secondary N) is 2. The maximum Gasteiger partial charge on any atom is 0.401 e. The van der Waals surface area contributed by atoms with Gasteiger partial charge >= 0.3 is 12.2 Å². The summed E-state index contributed by atoms with van der Waals surface area (Å²) in [6, 6.07) is 12.3. The van der Waals surface area contributed by atoms with Crippen LogP contribution in [0.3, 0.4) is 0 Å². The highest BCUT2D eigenvalue weighted by molar-refractivity contribution is 7.23. The first-order chi connectivity index (χ1) is 22.9. The highest BCUT2D eigenvalue weighted by Gasteiger charge is 2.61. The molecule has 0 spiro atoms. The van der Waals surface area contributed by atoms with Gasteiger partial charge in [0.2, 0.25) is 25.3 Å². The van der Waals surface area contributed by atoms with E-state index < -0.39 is 49.5 Å². The molecular weight excluding hydrogens is 673 g/mol. The van der Waals surface area contributed by atoms with E-state index in [1.807, 2.05) is 10.6 Å². The lowest BCUT2D eigenvalue weighted by molar-refractivity contribution is -0.292. The van der Waals surface area contributed by atoms with Crippen LogP contribution in [0.25, 0.3) is 26.4 Å². The Bertz CT molecular complexity index is 1930. The number of fused-ring (bicyclic) bond motifs is 3. The van der Waals surface area contributed by atoms with E-state index in [0.717, 1.165) is 21.8 Å². The van der Waals surface area contributed by atoms with Crippen molar-refractivity contribution in [2.24, 2.45) is 0 Å². The molecule has 18 heteroatoms. The number of anilines is 2. The first kappa shape index (κ1) is 32.1. The molecule has 3 aromatic heterocycles. The van der Waals surface area contributed by atoms with Gasteiger partial charge in [0.05, 0.1) is 15.9 Å². The summed E-state index contributed by atoms with van der Waals surface area (Å²) in [5.41, 5.74) is 0.547. The zero-order valence-corrected chi connectivity index (χ0v) is 25.3. The molecule has 1 aliphatic heterocycles. The number of amides is 2. The molecule has 0 radical (unpaired) electrons. The Morgan fingerprint density at radius 1 is 1.02 bits per heavy atom. The Morgan fingerprint density at radius 2 is 1.75 bits per heavy atom. The van der Waals surface area contributed by atoms with Crippen LogP contribution in [-0.2, 0) is 10.2 Å². The van der Waals surface area contributed by atoms with Gasteiger partial charge in [-0.2, -0.15) is 13.2 Å². The number of halogens is 7. The van der Waals surface area contributed by atoms with Gasteiger partial charge in [0.25, 0.3) is 0 Å². The SMILES string of the molecule is O=C(Nc1ccc(-c2cn3c(n2)sc2cc(OCCN4C(F)C(F)OC(F)C4F)ccc23)cc1)Nc1cc(C2(C(F)(F)F)CCC2)on1. The lowest BCUT2D eigenvalue weighted by atomic mass is 9.66. The minimum atomic E-state index is -4.48. The molecule has 10 nitrogen and oxygen atoms in total. The topological polar surface area (TPSA) is 106 Å². The average molecular weight is 699 g/mol. The Hall–Kier alpha value is -4.42. The van der Waals surface area contributed by atoms with Crippen molar-refractivity contribution in [2.75, 3.05) is 23.8 Å². The van der Waals surface area contributed by atoms with Gasteiger partial charge in [-0.25, -0.2) is 32.2 Å². The number of alkyl halides is 7. The Balaban J connectivity index is 0.963. The van der Waals surface area contributed by atoms with Crippen molar-refractivity contribution in [3.8, 4) is 17.0 Å². The third kappa shape index (κ3) is 5.81. The number of benzene rings is 2. The predicted molar refractivity (Wildman–Crippen MR) is 160 cm³/mol. The first-order valence-corrected chi connectivity index (χ1v) is 15.5.